The molecule has 2 aromatic carbocycles. The molecule has 7 nitrogen and oxygen atoms in total. The summed E-state index contributed by atoms with van der Waals surface area (Å²) in [6, 6.07) is 14.9. The van der Waals surface area contributed by atoms with Crippen LogP contribution in [0.3, 0.4) is 0 Å². The largest absolute Gasteiger partial charge is 0.400 e. The van der Waals surface area contributed by atoms with E-state index in [1.54, 1.807) is 17.1 Å². The molecule has 1 saturated carbocycles. The van der Waals surface area contributed by atoms with Gasteiger partial charge in [-0.3, -0.25) is 4.57 Å². The zero-order valence-corrected chi connectivity index (χ0v) is 22.0. The molecule has 0 atom stereocenters. The van der Waals surface area contributed by atoms with Crippen molar-refractivity contribution in [1.82, 2.24) is 34.5 Å². The molecule has 0 saturated heterocycles. The first-order valence-corrected chi connectivity index (χ1v) is 13.1. The number of hydrogen-bond donors (Lipinski definition) is 0. The van der Waals surface area contributed by atoms with Crippen molar-refractivity contribution in [2.45, 2.75) is 31.0 Å². The molecule has 3 aromatic heterocycles. The van der Waals surface area contributed by atoms with Gasteiger partial charge in [0.25, 0.3) is 0 Å². The number of halogens is 5. The van der Waals surface area contributed by atoms with Gasteiger partial charge in [-0.25, -0.2) is 14.6 Å². The summed E-state index contributed by atoms with van der Waals surface area (Å²) in [4.78, 5) is 8.93. The maximum Gasteiger partial charge on any atom is 0.400 e. The van der Waals surface area contributed by atoms with Crippen LogP contribution in [0.5, 0.6) is 0 Å². The fourth-order valence-electron chi connectivity index (χ4n) is 4.19. The molecule has 0 bridgehead atoms. The SMILES string of the molecule is FC(F)(F)C1(c2nnc(-c3nc(-c4ccccc4Cl)n(-c4ccc(Br)cc4)c3Cn3cncn3)s2)CC1. The highest BCUT2D eigenvalue weighted by molar-refractivity contribution is 9.10. The van der Waals surface area contributed by atoms with Crippen LogP contribution in [-0.4, -0.2) is 40.7 Å². The van der Waals surface area contributed by atoms with Crippen LogP contribution >= 0.6 is 38.9 Å². The van der Waals surface area contributed by atoms with Crippen LogP contribution in [0.25, 0.3) is 27.8 Å². The normalized spacial score (nSPS) is 14.7. The van der Waals surface area contributed by atoms with E-state index in [1.807, 2.05) is 47.0 Å². The summed E-state index contributed by atoms with van der Waals surface area (Å²) >= 11 is 11.0. The fourth-order valence-corrected chi connectivity index (χ4v) is 5.79. The summed E-state index contributed by atoms with van der Waals surface area (Å²) < 4.78 is 45.8. The molecule has 5 aromatic rings. The molecule has 0 amide bonds. The Morgan fingerprint density at radius 2 is 1.81 bits per heavy atom. The van der Waals surface area contributed by atoms with Gasteiger partial charge in [-0.1, -0.05) is 51.0 Å². The number of benzene rings is 2. The van der Waals surface area contributed by atoms with Crippen molar-refractivity contribution in [1.29, 1.82) is 0 Å². The summed E-state index contributed by atoms with van der Waals surface area (Å²) in [5, 5.41) is 13.1. The van der Waals surface area contributed by atoms with Crippen molar-refractivity contribution in [3.8, 4) is 27.8 Å². The van der Waals surface area contributed by atoms with E-state index in [9.17, 15) is 13.2 Å². The van der Waals surface area contributed by atoms with Crippen LogP contribution < -0.4 is 0 Å². The Labute approximate surface area is 226 Å². The molecule has 37 heavy (non-hydrogen) atoms. The van der Waals surface area contributed by atoms with Gasteiger partial charge in [-0.15, -0.1) is 10.2 Å². The van der Waals surface area contributed by atoms with Crippen molar-refractivity contribution in [2.75, 3.05) is 0 Å². The van der Waals surface area contributed by atoms with E-state index in [1.165, 1.54) is 6.33 Å². The molecule has 3 heterocycles. The van der Waals surface area contributed by atoms with Crippen LogP contribution in [0, 0.1) is 0 Å². The average Bonchev–Trinajstić information content (AvgIpc) is 3.20. The first kappa shape index (κ1) is 24.3. The topological polar surface area (TPSA) is 74.3 Å². The van der Waals surface area contributed by atoms with Crippen LogP contribution in [0.2, 0.25) is 5.02 Å². The lowest BCUT2D eigenvalue weighted by atomic mass is 10.1. The molecule has 1 fully saturated rings. The fraction of sp³-hybridized carbons (Fsp3) is 0.208. The standard InChI is InChI=1S/C24H16BrClF3N7S/c25-14-5-7-15(8-6-14)36-18(11-35-13-30-12-31-35)19(32-20(36)16-3-1-2-4-17(16)26)21-33-34-22(37-21)23(9-10-23)24(27,28)29/h1-8,12-13H,9-11H2. The van der Waals surface area contributed by atoms with Gasteiger partial charge in [-0.2, -0.15) is 18.3 Å². The van der Waals surface area contributed by atoms with E-state index >= 15 is 0 Å². The number of aromatic nitrogens is 7. The third-order valence-electron chi connectivity index (χ3n) is 6.28. The second-order valence-electron chi connectivity index (χ2n) is 8.61. The van der Waals surface area contributed by atoms with Crippen LogP contribution in [-0.2, 0) is 12.0 Å². The summed E-state index contributed by atoms with van der Waals surface area (Å²) in [6.07, 6.45) is -1.39. The van der Waals surface area contributed by atoms with Crippen molar-refractivity contribution >= 4 is 38.9 Å². The van der Waals surface area contributed by atoms with E-state index in [-0.39, 0.29) is 24.4 Å². The van der Waals surface area contributed by atoms with Crippen molar-refractivity contribution in [2.24, 2.45) is 0 Å². The molecule has 0 aliphatic heterocycles. The second kappa shape index (κ2) is 9.03. The molecule has 0 radical (unpaired) electrons. The third kappa shape index (κ3) is 4.26. The Balaban J connectivity index is 1.59. The summed E-state index contributed by atoms with van der Waals surface area (Å²) in [7, 11) is 0. The Morgan fingerprint density at radius 1 is 1.05 bits per heavy atom. The minimum Gasteiger partial charge on any atom is -0.294 e. The lowest BCUT2D eigenvalue weighted by Gasteiger charge is -2.15. The summed E-state index contributed by atoms with van der Waals surface area (Å²) in [5.41, 5.74) is 0.592. The van der Waals surface area contributed by atoms with Crippen molar-refractivity contribution in [3.63, 3.8) is 0 Å². The van der Waals surface area contributed by atoms with Gasteiger partial charge in [0.15, 0.2) is 5.01 Å². The van der Waals surface area contributed by atoms with E-state index < -0.39 is 11.6 Å². The van der Waals surface area contributed by atoms with Crippen molar-refractivity contribution < 1.29 is 13.2 Å². The first-order chi connectivity index (χ1) is 17.8. The molecule has 1 aliphatic carbocycles. The number of alkyl halides is 3. The number of imidazole rings is 1. The monoisotopic (exact) mass is 605 g/mol. The van der Waals surface area contributed by atoms with Gasteiger partial charge in [-0.05, 0) is 49.2 Å². The third-order valence-corrected chi connectivity index (χ3v) is 8.27. The zero-order valence-electron chi connectivity index (χ0n) is 18.8. The van der Waals surface area contributed by atoms with E-state index in [4.69, 9.17) is 16.6 Å². The smallest absolute Gasteiger partial charge is 0.294 e. The zero-order chi connectivity index (χ0) is 25.8. The van der Waals surface area contributed by atoms with Gasteiger partial charge in [0.2, 0.25) is 0 Å². The quantitative estimate of drug-likeness (QED) is 0.215. The highest BCUT2D eigenvalue weighted by atomic mass is 79.9. The molecule has 0 N–H and O–H groups in total. The van der Waals surface area contributed by atoms with Crippen LogP contribution in [0.4, 0.5) is 13.2 Å². The Hall–Kier alpha value is -3.09. The van der Waals surface area contributed by atoms with Gasteiger partial charge in [0, 0.05) is 15.7 Å². The minimum atomic E-state index is -4.38. The molecule has 1 aliphatic rings. The highest BCUT2D eigenvalue weighted by Crippen LogP contribution is 2.59. The van der Waals surface area contributed by atoms with Gasteiger partial charge < -0.3 is 0 Å². The Bertz CT molecular complexity index is 1570. The summed E-state index contributed by atoms with van der Waals surface area (Å²) in [5.74, 6) is 0.520. The molecule has 0 spiro atoms. The van der Waals surface area contributed by atoms with Crippen molar-refractivity contribution in [3.05, 3.63) is 81.4 Å². The molecule has 188 valence electrons. The van der Waals surface area contributed by atoms with Gasteiger partial charge in [0.1, 0.15) is 34.6 Å². The predicted molar refractivity (Wildman–Crippen MR) is 137 cm³/mol. The lowest BCUT2D eigenvalue weighted by Crippen LogP contribution is -2.28. The molecular weight excluding hydrogens is 591 g/mol. The number of rotatable bonds is 6. The highest BCUT2D eigenvalue weighted by Gasteiger charge is 2.66. The Kier molecular flexibility index (Phi) is 5.92. The van der Waals surface area contributed by atoms with E-state index in [0.29, 0.717) is 32.8 Å². The van der Waals surface area contributed by atoms with E-state index in [0.717, 1.165) is 21.5 Å². The molecule has 0 unspecified atom stereocenters. The van der Waals surface area contributed by atoms with Crippen LogP contribution in [0.15, 0.2) is 65.7 Å². The molecular formula is C24H16BrClF3N7S. The minimum absolute atomic E-state index is 0.00908. The van der Waals surface area contributed by atoms with E-state index in [2.05, 4.69) is 36.2 Å². The van der Waals surface area contributed by atoms with Gasteiger partial charge in [0.05, 0.1) is 17.3 Å². The lowest BCUT2D eigenvalue weighted by molar-refractivity contribution is -0.160. The molecule has 13 heteroatoms. The maximum atomic E-state index is 13.8. The second-order valence-corrected chi connectivity index (χ2v) is 10.9. The van der Waals surface area contributed by atoms with Crippen LogP contribution in [0.1, 0.15) is 23.5 Å². The maximum absolute atomic E-state index is 13.8. The predicted octanol–water partition coefficient (Wildman–Crippen LogP) is 6.71. The van der Waals surface area contributed by atoms with Gasteiger partial charge >= 0.3 is 6.18 Å². The first-order valence-electron chi connectivity index (χ1n) is 11.1. The summed E-state index contributed by atoms with van der Waals surface area (Å²) in [6.45, 7) is 0.238. The Morgan fingerprint density at radius 3 is 2.46 bits per heavy atom. The number of nitrogens with zero attached hydrogens (tertiary/aromatic N) is 7. The average molecular weight is 607 g/mol. The number of hydrogen-bond acceptors (Lipinski definition) is 6. The molecule has 6 rings (SSSR count).